The number of nitrogens with one attached hydrogen (secondary N) is 1. The molecule has 2 rings (SSSR count). The van der Waals surface area contributed by atoms with Gasteiger partial charge in [-0.2, -0.15) is 0 Å². The zero-order valence-electron chi connectivity index (χ0n) is 13.6. The molecule has 0 aliphatic rings. The van der Waals surface area contributed by atoms with Crippen molar-refractivity contribution in [2.24, 2.45) is 0 Å². The van der Waals surface area contributed by atoms with Gasteiger partial charge in [-0.1, -0.05) is 30.0 Å². The maximum atomic E-state index is 11.9. The molecular weight excluding hydrogens is 346 g/mol. The summed E-state index contributed by atoms with van der Waals surface area (Å²) in [4.78, 5) is 34.7. The van der Waals surface area contributed by atoms with E-state index >= 15 is 0 Å². The summed E-state index contributed by atoms with van der Waals surface area (Å²) in [6.45, 7) is 1.99. The molecule has 132 valence electrons. The number of carbonyl (C=O) groups excluding carboxylic acids is 3. The minimum absolute atomic E-state index is 0.0246. The molecule has 0 saturated carbocycles. The lowest BCUT2D eigenvalue weighted by atomic mass is 10.2. The fourth-order valence-corrected chi connectivity index (χ4v) is 2.42. The van der Waals surface area contributed by atoms with Crippen LogP contribution in [0.5, 0.6) is 0 Å². The number of esters is 1. The molecule has 1 heterocycles. The SMILES string of the molecule is CCOC(=O)CC(=O)CSc1nnc(CNC(=O)c2ccccc2)o1. The lowest BCUT2D eigenvalue weighted by Gasteiger charge is -2.01. The lowest BCUT2D eigenvalue weighted by molar-refractivity contribution is -0.145. The van der Waals surface area contributed by atoms with E-state index in [-0.39, 0.29) is 48.1 Å². The smallest absolute Gasteiger partial charge is 0.313 e. The summed E-state index contributed by atoms with van der Waals surface area (Å²) in [5, 5.41) is 10.4. The first kappa shape index (κ1) is 18.7. The summed E-state index contributed by atoms with van der Waals surface area (Å²) in [5.74, 6) is -0.845. The van der Waals surface area contributed by atoms with Crippen LogP contribution in [0.3, 0.4) is 0 Å². The zero-order valence-corrected chi connectivity index (χ0v) is 14.4. The third-order valence-corrected chi connectivity index (χ3v) is 3.77. The Hall–Kier alpha value is -2.68. The van der Waals surface area contributed by atoms with Crippen LogP contribution in [0.25, 0.3) is 0 Å². The number of ether oxygens (including phenoxy) is 1. The third-order valence-electron chi connectivity index (χ3n) is 2.89. The first-order valence-electron chi connectivity index (χ1n) is 7.54. The van der Waals surface area contributed by atoms with Crippen LogP contribution in [0.2, 0.25) is 0 Å². The number of Topliss-reactive ketones (excluding diaryl/α,β-unsaturated/α-hetero) is 1. The second-order valence-electron chi connectivity index (χ2n) is 4.82. The first-order chi connectivity index (χ1) is 12.1. The summed E-state index contributed by atoms with van der Waals surface area (Å²) in [6, 6.07) is 8.74. The number of hydrogen-bond acceptors (Lipinski definition) is 8. The number of aromatic nitrogens is 2. The number of nitrogens with zero attached hydrogens (tertiary/aromatic N) is 2. The van der Waals surface area contributed by atoms with Crippen LogP contribution in [0.4, 0.5) is 0 Å². The quantitative estimate of drug-likeness (QED) is 0.406. The molecule has 1 aromatic heterocycles. The third kappa shape index (κ3) is 6.38. The molecule has 1 amide bonds. The van der Waals surface area contributed by atoms with Crippen molar-refractivity contribution >= 4 is 29.4 Å². The van der Waals surface area contributed by atoms with E-state index in [0.29, 0.717) is 5.56 Å². The minimum Gasteiger partial charge on any atom is -0.466 e. The molecule has 0 aliphatic carbocycles. The van der Waals surface area contributed by atoms with Crippen molar-refractivity contribution < 1.29 is 23.5 Å². The highest BCUT2D eigenvalue weighted by atomic mass is 32.2. The van der Waals surface area contributed by atoms with Crippen molar-refractivity contribution in [3.05, 3.63) is 41.8 Å². The van der Waals surface area contributed by atoms with E-state index in [0.717, 1.165) is 11.8 Å². The molecule has 9 heteroatoms. The number of thioether (sulfide) groups is 1. The van der Waals surface area contributed by atoms with Gasteiger partial charge in [-0.25, -0.2) is 0 Å². The fourth-order valence-electron chi connectivity index (χ4n) is 1.78. The summed E-state index contributed by atoms with van der Waals surface area (Å²) in [7, 11) is 0. The van der Waals surface area contributed by atoms with Crippen molar-refractivity contribution in [2.75, 3.05) is 12.4 Å². The topological polar surface area (TPSA) is 111 Å². The number of benzene rings is 1. The summed E-state index contributed by atoms with van der Waals surface area (Å²) in [5.41, 5.74) is 0.529. The van der Waals surface area contributed by atoms with Crippen LogP contribution in [-0.2, 0) is 20.9 Å². The number of rotatable bonds is 9. The fraction of sp³-hybridized carbons (Fsp3) is 0.312. The molecule has 0 spiro atoms. The number of carbonyl (C=O) groups is 3. The highest BCUT2D eigenvalue weighted by molar-refractivity contribution is 7.99. The van der Waals surface area contributed by atoms with Gasteiger partial charge in [0.15, 0.2) is 5.78 Å². The second kappa shape index (κ2) is 9.58. The van der Waals surface area contributed by atoms with Gasteiger partial charge in [0.05, 0.1) is 18.9 Å². The van der Waals surface area contributed by atoms with E-state index in [1.165, 1.54) is 0 Å². The maximum absolute atomic E-state index is 11.9. The molecule has 8 nitrogen and oxygen atoms in total. The van der Waals surface area contributed by atoms with Crippen molar-refractivity contribution in [1.29, 1.82) is 0 Å². The molecule has 0 saturated heterocycles. The van der Waals surface area contributed by atoms with Gasteiger partial charge in [-0.3, -0.25) is 14.4 Å². The van der Waals surface area contributed by atoms with Gasteiger partial charge in [0.25, 0.3) is 11.1 Å². The Kier molecular flexibility index (Phi) is 7.15. The molecule has 25 heavy (non-hydrogen) atoms. The Morgan fingerprint density at radius 1 is 1.20 bits per heavy atom. The van der Waals surface area contributed by atoms with Crippen LogP contribution < -0.4 is 5.32 Å². The largest absolute Gasteiger partial charge is 0.466 e. The average molecular weight is 363 g/mol. The molecule has 0 radical (unpaired) electrons. The van der Waals surface area contributed by atoms with E-state index in [9.17, 15) is 14.4 Å². The van der Waals surface area contributed by atoms with Gasteiger partial charge < -0.3 is 14.5 Å². The van der Waals surface area contributed by atoms with E-state index in [4.69, 9.17) is 9.15 Å². The highest BCUT2D eigenvalue weighted by Gasteiger charge is 2.14. The standard InChI is InChI=1S/C16H17N3O5S/c1-2-23-14(21)8-12(20)10-25-16-19-18-13(24-16)9-17-15(22)11-6-4-3-5-7-11/h3-7H,2,8-10H2,1H3,(H,17,22). The van der Waals surface area contributed by atoms with Gasteiger partial charge in [0.2, 0.25) is 5.89 Å². The predicted octanol–water partition coefficient (Wildman–Crippen LogP) is 1.61. The molecule has 1 aromatic carbocycles. The Morgan fingerprint density at radius 3 is 2.68 bits per heavy atom. The van der Waals surface area contributed by atoms with Crippen molar-refractivity contribution in [3.8, 4) is 0 Å². The summed E-state index contributed by atoms with van der Waals surface area (Å²) < 4.78 is 10.0. The highest BCUT2D eigenvalue weighted by Crippen LogP contribution is 2.16. The molecule has 2 aromatic rings. The van der Waals surface area contributed by atoms with Gasteiger partial charge in [0.1, 0.15) is 6.42 Å². The van der Waals surface area contributed by atoms with Crippen molar-refractivity contribution in [2.45, 2.75) is 25.1 Å². The first-order valence-corrected chi connectivity index (χ1v) is 8.52. The lowest BCUT2D eigenvalue weighted by Crippen LogP contribution is -2.22. The minimum atomic E-state index is -0.553. The molecule has 0 unspecified atom stereocenters. The maximum Gasteiger partial charge on any atom is 0.313 e. The summed E-state index contributed by atoms with van der Waals surface area (Å²) >= 11 is 1.03. The van der Waals surface area contributed by atoms with Crippen LogP contribution in [0.1, 0.15) is 29.6 Å². The number of ketones is 1. The van der Waals surface area contributed by atoms with E-state index in [1.54, 1.807) is 31.2 Å². The van der Waals surface area contributed by atoms with Crippen LogP contribution in [0.15, 0.2) is 40.0 Å². The van der Waals surface area contributed by atoms with Gasteiger partial charge in [-0.05, 0) is 19.1 Å². The van der Waals surface area contributed by atoms with Gasteiger partial charge in [-0.15, -0.1) is 10.2 Å². The molecule has 0 atom stereocenters. The number of amides is 1. The van der Waals surface area contributed by atoms with Gasteiger partial charge >= 0.3 is 5.97 Å². The van der Waals surface area contributed by atoms with Crippen LogP contribution >= 0.6 is 11.8 Å². The number of hydrogen-bond donors (Lipinski definition) is 1. The molecule has 0 aliphatic heterocycles. The Bertz CT molecular complexity index is 732. The Balaban J connectivity index is 1.75. The van der Waals surface area contributed by atoms with E-state index in [1.807, 2.05) is 6.07 Å². The summed E-state index contributed by atoms with van der Waals surface area (Å²) in [6.07, 6.45) is -0.283. The molecule has 1 N–H and O–H groups in total. The Labute approximate surface area is 148 Å². The van der Waals surface area contributed by atoms with Crippen molar-refractivity contribution in [3.63, 3.8) is 0 Å². The zero-order chi connectivity index (χ0) is 18.1. The molecule has 0 fully saturated rings. The average Bonchev–Trinajstić information content (AvgIpc) is 3.07. The predicted molar refractivity (Wildman–Crippen MR) is 88.9 cm³/mol. The normalized spacial score (nSPS) is 10.3. The van der Waals surface area contributed by atoms with Crippen molar-refractivity contribution in [1.82, 2.24) is 15.5 Å². The monoisotopic (exact) mass is 363 g/mol. The van der Waals surface area contributed by atoms with Crippen LogP contribution in [0, 0.1) is 0 Å². The van der Waals surface area contributed by atoms with E-state index < -0.39 is 5.97 Å². The van der Waals surface area contributed by atoms with E-state index in [2.05, 4.69) is 15.5 Å². The Morgan fingerprint density at radius 2 is 1.96 bits per heavy atom. The van der Waals surface area contributed by atoms with Gasteiger partial charge in [0, 0.05) is 5.56 Å². The molecular formula is C16H17N3O5S. The molecule has 0 bridgehead atoms. The van der Waals surface area contributed by atoms with Crippen LogP contribution in [-0.4, -0.2) is 40.2 Å². The second-order valence-corrected chi connectivity index (χ2v) is 5.75.